The molecule has 2 heteroatoms. The molecule has 56 valence electrons. The normalized spacial score (nSPS) is 14.3. The fourth-order valence-corrected chi connectivity index (χ4v) is 0.588. The van der Waals surface area contributed by atoms with Crippen LogP contribution in [-0.2, 0) is 4.74 Å². The first-order chi connectivity index (χ1) is 4.16. The van der Waals surface area contributed by atoms with Gasteiger partial charge in [-0.2, -0.15) is 0 Å². The van der Waals surface area contributed by atoms with Gasteiger partial charge in [-0.3, -0.25) is 0 Å². The summed E-state index contributed by atoms with van der Waals surface area (Å²) in [7, 11) is 0. The highest BCUT2D eigenvalue weighted by Gasteiger charge is 1.99. The molecule has 0 aromatic carbocycles. The summed E-state index contributed by atoms with van der Waals surface area (Å²) in [4.78, 5) is 0. The molecule has 0 saturated carbocycles. The summed E-state index contributed by atoms with van der Waals surface area (Å²) in [6.07, 6.45) is 0.367. The molecule has 1 atom stereocenters. The van der Waals surface area contributed by atoms with Crippen LogP contribution in [0.5, 0.6) is 0 Å². The lowest BCUT2D eigenvalue weighted by molar-refractivity contribution is 0.0605. The lowest BCUT2D eigenvalue weighted by Crippen LogP contribution is -2.11. The third-order valence-electron chi connectivity index (χ3n) is 0.977. The van der Waals surface area contributed by atoms with Crippen molar-refractivity contribution in [2.45, 2.75) is 26.9 Å². The van der Waals surface area contributed by atoms with Gasteiger partial charge in [-0.25, -0.2) is 0 Å². The van der Waals surface area contributed by atoms with E-state index in [0.717, 1.165) is 11.9 Å². The SMILES string of the molecule is CC(CBr)COC(C)C. The fourth-order valence-electron chi connectivity index (χ4n) is 0.401. The molecule has 0 aliphatic rings. The average molecular weight is 195 g/mol. The van der Waals surface area contributed by atoms with E-state index < -0.39 is 0 Å². The van der Waals surface area contributed by atoms with Crippen LogP contribution < -0.4 is 0 Å². The molecule has 0 heterocycles. The van der Waals surface area contributed by atoms with Crippen LogP contribution in [0.25, 0.3) is 0 Å². The van der Waals surface area contributed by atoms with Crippen LogP contribution in [0.3, 0.4) is 0 Å². The molecule has 0 spiro atoms. The summed E-state index contributed by atoms with van der Waals surface area (Å²) < 4.78 is 5.36. The number of hydrogen-bond donors (Lipinski definition) is 0. The summed E-state index contributed by atoms with van der Waals surface area (Å²) in [5, 5.41) is 1.03. The topological polar surface area (TPSA) is 9.23 Å². The Morgan fingerprint density at radius 2 is 1.89 bits per heavy atom. The van der Waals surface area contributed by atoms with Crippen LogP contribution in [0.1, 0.15) is 20.8 Å². The molecule has 0 aliphatic heterocycles. The van der Waals surface area contributed by atoms with Gasteiger partial charge in [0.25, 0.3) is 0 Å². The summed E-state index contributed by atoms with van der Waals surface area (Å²) in [6.45, 7) is 7.14. The van der Waals surface area contributed by atoms with E-state index in [9.17, 15) is 0 Å². The lowest BCUT2D eigenvalue weighted by atomic mass is 10.2. The van der Waals surface area contributed by atoms with E-state index in [1.807, 2.05) is 0 Å². The smallest absolute Gasteiger partial charge is 0.0519 e. The number of rotatable bonds is 4. The summed E-state index contributed by atoms with van der Waals surface area (Å²) in [5.41, 5.74) is 0. The predicted octanol–water partition coefficient (Wildman–Crippen LogP) is 2.44. The monoisotopic (exact) mass is 194 g/mol. The molecule has 0 bridgehead atoms. The number of ether oxygens (including phenoxy) is 1. The van der Waals surface area contributed by atoms with Crippen molar-refractivity contribution < 1.29 is 4.74 Å². The number of alkyl halides is 1. The zero-order chi connectivity index (χ0) is 7.28. The Hall–Kier alpha value is 0.440. The van der Waals surface area contributed by atoms with Gasteiger partial charge < -0.3 is 4.74 Å². The first kappa shape index (κ1) is 9.44. The minimum atomic E-state index is 0.367. The van der Waals surface area contributed by atoms with Gasteiger partial charge in [-0.1, -0.05) is 22.9 Å². The molecular formula is C7H15BrO. The van der Waals surface area contributed by atoms with E-state index >= 15 is 0 Å². The molecule has 0 N–H and O–H groups in total. The van der Waals surface area contributed by atoms with Gasteiger partial charge in [0, 0.05) is 5.33 Å². The van der Waals surface area contributed by atoms with E-state index in [0.29, 0.717) is 12.0 Å². The predicted molar refractivity (Wildman–Crippen MR) is 44.0 cm³/mol. The lowest BCUT2D eigenvalue weighted by Gasteiger charge is -2.10. The van der Waals surface area contributed by atoms with Gasteiger partial charge in [0.15, 0.2) is 0 Å². The van der Waals surface area contributed by atoms with E-state index in [2.05, 4.69) is 36.7 Å². The van der Waals surface area contributed by atoms with Crippen LogP contribution in [0.4, 0.5) is 0 Å². The Balaban J connectivity index is 3.06. The van der Waals surface area contributed by atoms with Crippen LogP contribution in [0.2, 0.25) is 0 Å². The standard InChI is InChI=1S/C7H15BrO/c1-6(2)9-5-7(3)4-8/h6-7H,4-5H2,1-3H3. The van der Waals surface area contributed by atoms with Crippen molar-refractivity contribution in [3.05, 3.63) is 0 Å². The van der Waals surface area contributed by atoms with Gasteiger partial charge in [0.2, 0.25) is 0 Å². The maximum Gasteiger partial charge on any atom is 0.0519 e. The summed E-state index contributed by atoms with van der Waals surface area (Å²) in [5.74, 6) is 0.632. The van der Waals surface area contributed by atoms with Gasteiger partial charge in [0.05, 0.1) is 12.7 Å². The molecule has 1 unspecified atom stereocenters. The Labute approximate surface area is 65.9 Å². The Morgan fingerprint density at radius 1 is 1.33 bits per heavy atom. The average Bonchev–Trinajstić information content (AvgIpc) is 1.83. The highest BCUT2D eigenvalue weighted by atomic mass is 79.9. The minimum absolute atomic E-state index is 0.367. The molecule has 0 aromatic rings. The third kappa shape index (κ3) is 6.32. The van der Waals surface area contributed by atoms with E-state index in [1.165, 1.54) is 0 Å². The van der Waals surface area contributed by atoms with Crippen molar-refractivity contribution in [2.24, 2.45) is 5.92 Å². The fraction of sp³-hybridized carbons (Fsp3) is 1.00. The highest BCUT2D eigenvalue weighted by Crippen LogP contribution is 2.01. The van der Waals surface area contributed by atoms with Crippen molar-refractivity contribution in [1.82, 2.24) is 0 Å². The molecule has 0 rings (SSSR count). The van der Waals surface area contributed by atoms with Crippen LogP contribution >= 0.6 is 15.9 Å². The maximum atomic E-state index is 5.36. The van der Waals surface area contributed by atoms with Crippen LogP contribution in [0, 0.1) is 5.92 Å². The maximum absolute atomic E-state index is 5.36. The van der Waals surface area contributed by atoms with Gasteiger partial charge in [-0.15, -0.1) is 0 Å². The Morgan fingerprint density at radius 3 is 2.22 bits per heavy atom. The van der Waals surface area contributed by atoms with Gasteiger partial charge in [-0.05, 0) is 19.8 Å². The minimum Gasteiger partial charge on any atom is -0.378 e. The quantitative estimate of drug-likeness (QED) is 0.626. The largest absolute Gasteiger partial charge is 0.378 e. The van der Waals surface area contributed by atoms with Crippen molar-refractivity contribution in [3.8, 4) is 0 Å². The van der Waals surface area contributed by atoms with Gasteiger partial charge >= 0.3 is 0 Å². The first-order valence-corrected chi connectivity index (χ1v) is 4.46. The molecule has 0 aromatic heterocycles. The Bertz CT molecular complexity index is 63.9. The zero-order valence-electron chi connectivity index (χ0n) is 6.36. The molecule has 0 amide bonds. The first-order valence-electron chi connectivity index (χ1n) is 3.34. The van der Waals surface area contributed by atoms with Crippen molar-refractivity contribution in [2.75, 3.05) is 11.9 Å². The van der Waals surface area contributed by atoms with Gasteiger partial charge in [0.1, 0.15) is 0 Å². The van der Waals surface area contributed by atoms with Crippen molar-refractivity contribution >= 4 is 15.9 Å². The second-order valence-electron chi connectivity index (χ2n) is 2.64. The summed E-state index contributed by atoms with van der Waals surface area (Å²) in [6, 6.07) is 0. The third-order valence-corrected chi connectivity index (χ3v) is 2.08. The Kier molecular flexibility index (Phi) is 5.50. The van der Waals surface area contributed by atoms with Crippen LogP contribution in [-0.4, -0.2) is 18.0 Å². The second kappa shape index (κ2) is 5.24. The molecule has 9 heavy (non-hydrogen) atoms. The van der Waals surface area contributed by atoms with Crippen molar-refractivity contribution in [3.63, 3.8) is 0 Å². The van der Waals surface area contributed by atoms with Crippen molar-refractivity contribution in [1.29, 1.82) is 0 Å². The van der Waals surface area contributed by atoms with E-state index in [1.54, 1.807) is 0 Å². The second-order valence-corrected chi connectivity index (χ2v) is 3.29. The molecule has 0 fully saturated rings. The molecule has 0 aliphatic carbocycles. The van der Waals surface area contributed by atoms with Crippen LogP contribution in [0.15, 0.2) is 0 Å². The molecule has 1 nitrogen and oxygen atoms in total. The summed E-state index contributed by atoms with van der Waals surface area (Å²) >= 11 is 3.38. The van der Waals surface area contributed by atoms with E-state index in [4.69, 9.17) is 4.74 Å². The number of hydrogen-bond acceptors (Lipinski definition) is 1. The van der Waals surface area contributed by atoms with E-state index in [-0.39, 0.29) is 0 Å². The highest BCUT2D eigenvalue weighted by molar-refractivity contribution is 9.09. The molecule has 0 saturated heterocycles. The molecule has 0 radical (unpaired) electrons. The molecular weight excluding hydrogens is 180 g/mol. The number of halogens is 1. The zero-order valence-corrected chi connectivity index (χ0v) is 7.94.